The van der Waals surface area contributed by atoms with Gasteiger partial charge in [-0.15, -0.1) is 0 Å². The van der Waals surface area contributed by atoms with Crippen LogP contribution in [0.1, 0.15) is 32.1 Å². The van der Waals surface area contributed by atoms with Crippen LogP contribution in [0.25, 0.3) is 0 Å². The van der Waals surface area contributed by atoms with Crippen molar-refractivity contribution in [3.8, 4) is 0 Å². The molecule has 2 heterocycles. The number of rotatable bonds is 5. The fraction of sp³-hybridized carbons (Fsp3) is 0.933. The van der Waals surface area contributed by atoms with E-state index < -0.39 is 0 Å². The summed E-state index contributed by atoms with van der Waals surface area (Å²) in [5, 5.41) is 3.19. The molecule has 4 aliphatic rings. The van der Waals surface area contributed by atoms with Gasteiger partial charge < -0.3 is 15.0 Å². The number of ether oxygens (including phenoxy) is 1. The van der Waals surface area contributed by atoms with E-state index in [1.54, 1.807) is 7.11 Å². The lowest BCUT2D eigenvalue weighted by Gasteiger charge is -2.39. The molecule has 108 valence electrons. The van der Waals surface area contributed by atoms with Crippen molar-refractivity contribution >= 4 is 5.91 Å². The van der Waals surface area contributed by atoms with E-state index in [2.05, 4.69) is 10.2 Å². The number of hydrogen-bond donors (Lipinski definition) is 1. The highest BCUT2D eigenvalue weighted by Crippen LogP contribution is 2.47. The third-order valence-corrected chi connectivity index (χ3v) is 5.19. The zero-order valence-corrected chi connectivity index (χ0v) is 11.9. The molecule has 0 radical (unpaired) electrons. The highest BCUT2D eigenvalue weighted by atomic mass is 16.5. The quantitative estimate of drug-likeness (QED) is 0.762. The third kappa shape index (κ3) is 2.95. The molecule has 0 aromatic heterocycles. The van der Waals surface area contributed by atoms with E-state index in [0.717, 1.165) is 30.8 Å². The van der Waals surface area contributed by atoms with Gasteiger partial charge in [0.1, 0.15) is 0 Å². The summed E-state index contributed by atoms with van der Waals surface area (Å²) in [6.45, 7) is 2.92. The van der Waals surface area contributed by atoms with Crippen LogP contribution >= 0.6 is 0 Å². The number of carbonyl (C=O) groups excluding carboxylic acids is 1. The fourth-order valence-corrected chi connectivity index (χ4v) is 4.56. The highest BCUT2D eigenvalue weighted by molar-refractivity contribution is 5.78. The second-order valence-electron chi connectivity index (χ2n) is 6.65. The van der Waals surface area contributed by atoms with Crippen LogP contribution in [0.3, 0.4) is 0 Å². The molecule has 4 heteroatoms. The Hall–Kier alpha value is -0.610. The first-order valence-corrected chi connectivity index (χ1v) is 7.75. The standard InChI is InChI=1S/C15H26N2O2/c1-19-3-2-16-9-15(18)17-10-13-5-11-4-12(6-13)8-14(17)7-11/h11-14,16H,2-10H2,1H3. The van der Waals surface area contributed by atoms with Crippen LogP contribution in [0.5, 0.6) is 0 Å². The van der Waals surface area contributed by atoms with Gasteiger partial charge >= 0.3 is 0 Å². The lowest BCUT2D eigenvalue weighted by Crippen LogP contribution is -2.46. The van der Waals surface area contributed by atoms with Gasteiger partial charge in [-0.3, -0.25) is 4.79 Å². The minimum Gasteiger partial charge on any atom is -0.383 e. The smallest absolute Gasteiger partial charge is 0.236 e. The zero-order valence-electron chi connectivity index (χ0n) is 11.9. The van der Waals surface area contributed by atoms with Gasteiger partial charge in [-0.1, -0.05) is 0 Å². The average Bonchev–Trinajstić information content (AvgIpc) is 2.58. The first kappa shape index (κ1) is 13.4. The van der Waals surface area contributed by atoms with E-state index in [9.17, 15) is 4.79 Å². The molecule has 2 saturated heterocycles. The van der Waals surface area contributed by atoms with E-state index in [-0.39, 0.29) is 0 Å². The molecule has 2 aliphatic carbocycles. The van der Waals surface area contributed by atoms with Gasteiger partial charge in [0, 0.05) is 26.2 Å². The number of hydrogen-bond acceptors (Lipinski definition) is 3. The van der Waals surface area contributed by atoms with Gasteiger partial charge in [-0.25, -0.2) is 0 Å². The molecule has 2 unspecified atom stereocenters. The number of methoxy groups -OCH3 is 1. The summed E-state index contributed by atoms with van der Waals surface area (Å²) >= 11 is 0. The SMILES string of the molecule is COCCNCC(=O)N1CC2CC3CC(C2)CC1C3. The summed E-state index contributed by atoms with van der Waals surface area (Å²) < 4.78 is 4.99. The second kappa shape index (κ2) is 5.80. The van der Waals surface area contributed by atoms with Gasteiger partial charge in [0.2, 0.25) is 5.91 Å². The van der Waals surface area contributed by atoms with Crippen LogP contribution < -0.4 is 5.32 Å². The van der Waals surface area contributed by atoms with Crippen molar-refractivity contribution in [1.29, 1.82) is 0 Å². The van der Waals surface area contributed by atoms with Crippen molar-refractivity contribution in [3.05, 3.63) is 0 Å². The third-order valence-electron chi connectivity index (χ3n) is 5.19. The van der Waals surface area contributed by atoms with E-state index >= 15 is 0 Å². The summed E-state index contributed by atoms with van der Waals surface area (Å²) in [6.07, 6.45) is 6.69. The molecule has 1 amide bonds. The molecular weight excluding hydrogens is 240 g/mol. The Kier molecular flexibility index (Phi) is 4.08. The first-order chi connectivity index (χ1) is 9.26. The average molecular weight is 266 g/mol. The van der Waals surface area contributed by atoms with Gasteiger partial charge in [0.25, 0.3) is 0 Å². The maximum Gasteiger partial charge on any atom is 0.236 e. The van der Waals surface area contributed by atoms with Crippen LogP contribution in [0.2, 0.25) is 0 Å². The van der Waals surface area contributed by atoms with Crippen LogP contribution in [-0.4, -0.2) is 50.2 Å². The summed E-state index contributed by atoms with van der Waals surface area (Å²) in [5.74, 6) is 2.89. The lowest BCUT2D eigenvalue weighted by atomic mass is 9.68. The van der Waals surface area contributed by atoms with Crippen molar-refractivity contribution in [1.82, 2.24) is 10.2 Å². The monoisotopic (exact) mass is 266 g/mol. The minimum absolute atomic E-state index is 0.300. The van der Waals surface area contributed by atoms with Crippen molar-refractivity contribution in [2.24, 2.45) is 17.8 Å². The van der Waals surface area contributed by atoms with Gasteiger partial charge in [-0.05, 0) is 49.9 Å². The Bertz CT molecular complexity index is 320. The molecule has 0 spiro atoms. The molecule has 4 rings (SSSR count). The predicted molar refractivity (Wildman–Crippen MR) is 73.8 cm³/mol. The summed E-state index contributed by atoms with van der Waals surface area (Å²) in [6, 6.07) is 0.535. The fourth-order valence-electron chi connectivity index (χ4n) is 4.56. The Balaban J connectivity index is 1.57. The molecule has 1 N–H and O–H groups in total. The molecule has 2 saturated carbocycles. The van der Waals surface area contributed by atoms with E-state index in [0.29, 0.717) is 25.1 Å². The molecular formula is C15H26N2O2. The number of amides is 1. The Morgan fingerprint density at radius 1 is 1.16 bits per heavy atom. The molecule has 2 atom stereocenters. The van der Waals surface area contributed by atoms with Crippen LogP contribution in [0, 0.1) is 17.8 Å². The number of nitrogens with one attached hydrogen (secondary N) is 1. The molecule has 4 nitrogen and oxygen atoms in total. The Morgan fingerprint density at radius 2 is 1.84 bits per heavy atom. The van der Waals surface area contributed by atoms with Crippen molar-refractivity contribution in [2.75, 3.05) is 33.4 Å². The molecule has 4 fully saturated rings. The second-order valence-corrected chi connectivity index (χ2v) is 6.65. The van der Waals surface area contributed by atoms with E-state index in [1.807, 2.05) is 0 Å². The summed E-state index contributed by atoms with van der Waals surface area (Å²) in [7, 11) is 1.69. The van der Waals surface area contributed by atoms with Gasteiger partial charge in [0.05, 0.1) is 13.2 Å². The van der Waals surface area contributed by atoms with Crippen LogP contribution in [0.15, 0.2) is 0 Å². The molecule has 19 heavy (non-hydrogen) atoms. The lowest BCUT2D eigenvalue weighted by molar-refractivity contribution is -0.133. The molecule has 0 aromatic rings. The normalized spacial score (nSPS) is 36.6. The maximum absolute atomic E-state index is 12.4. The van der Waals surface area contributed by atoms with Crippen molar-refractivity contribution < 1.29 is 9.53 Å². The van der Waals surface area contributed by atoms with Crippen molar-refractivity contribution in [3.63, 3.8) is 0 Å². The van der Waals surface area contributed by atoms with Crippen LogP contribution in [-0.2, 0) is 9.53 Å². The van der Waals surface area contributed by atoms with E-state index in [1.165, 1.54) is 32.1 Å². The summed E-state index contributed by atoms with van der Waals surface area (Å²) in [4.78, 5) is 14.6. The van der Waals surface area contributed by atoms with Crippen LogP contribution in [0.4, 0.5) is 0 Å². The molecule has 4 bridgehead atoms. The number of carbonyl (C=O) groups is 1. The van der Waals surface area contributed by atoms with Crippen molar-refractivity contribution in [2.45, 2.75) is 38.1 Å². The van der Waals surface area contributed by atoms with E-state index in [4.69, 9.17) is 4.74 Å². The van der Waals surface area contributed by atoms with Gasteiger partial charge in [0.15, 0.2) is 0 Å². The number of fused-ring (bicyclic) bond motifs is 1. The highest BCUT2D eigenvalue weighted by Gasteiger charge is 2.43. The first-order valence-electron chi connectivity index (χ1n) is 7.75. The summed E-state index contributed by atoms with van der Waals surface area (Å²) in [5.41, 5.74) is 0. The topological polar surface area (TPSA) is 41.6 Å². The van der Waals surface area contributed by atoms with Gasteiger partial charge in [-0.2, -0.15) is 0 Å². The molecule has 2 aliphatic heterocycles. The largest absolute Gasteiger partial charge is 0.383 e. The Labute approximate surface area is 115 Å². The number of nitrogens with zero attached hydrogens (tertiary/aromatic N) is 1. The maximum atomic E-state index is 12.4. The minimum atomic E-state index is 0.300. The Morgan fingerprint density at radius 3 is 2.53 bits per heavy atom. The predicted octanol–water partition coefficient (Wildman–Crippen LogP) is 1.26. The molecule has 0 aromatic carbocycles. The zero-order chi connectivity index (χ0) is 13.2.